The normalized spacial score (nSPS) is 34.4. The van der Waals surface area contributed by atoms with E-state index in [2.05, 4.69) is 0 Å². The Morgan fingerprint density at radius 3 is 2.90 bits per heavy atom. The van der Waals surface area contributed by atoms with Crippen molar-refractivity contribution < 1.29 is 9.18 Å². The van der Waals surface area contributed by atoms with E-state index in [1.165, 1.54) is 0 Å². The molecule has 0 aromatic carbocycles. The largest absolute Gasteiger partial charge is 0.296 e. The Hall–Kier alpha value is -0.400. The second kappa shape index (κ2) is 3.13. The maximum Gasteiger partial charge on any atom is 0.166 e. The van der Waals surface area contributed by atoms with Crippen molar-refractivity contribution in [1.82, 2.24) is 0 Å². The standard InChI is InChI=1S/C8H13FO/c1-2-6-3-4-8(10)7(9)5-6/h6-7H,2-5H2,1H3/t6-,7+/m1/s1. The van der Waals surface area contributed by atoms with Gasteiger partial charge in [-0.15, -0.1) is 0 Å². The number of Topliss-reactive ketones (excluding diaryl/α,β-unsaturated/α-hetero) is 1. The number of carbonyl (C=O) groups excluding carboxylic acids is 1. The number of hydrogen-bond acceptors (Lipinski definition) is 1. The van der Waals surface area contributed by atoms with E-state index in [-0.39, 0.29) is 5.78 Å². The zero-order chi connectivity index (χ0) is 7.56. The van der Waals surface area contributed by atoms with E-state index in [0.717, 1.165) is 12.8 Å². The van der Waals surface area contributed by atoms with Crippen molar-refractivity contribution in [2.24, 2.45) is 5.92 Å². The van der Waals surface area contributed by atoms with Gasteiger partial charge < -0.3 is 0 Å². The van der Waals surface area contributed by atoms with Crippen LogP contribution in [0.5, 0.6) is 0 Å². The highest BCUT2D eigenvalue weighted by Gasteiger charge is 2.26. The summed E-state index contributed by atoms with van der Waals surface area (Å²) in [5, 5.41) is 0. The minimum Gasteiger partial charge on any atom is -0.296 e. The van der Waals surface area contributed by atoms with Gasteiger partial charge in [0, 0.05) is 6.42 Å². The second-order valence-corrected chi connectivity index (χ2v) is 2.98. The molecule has 0 radical (unpaired) electrons. The molecule has 1 aliphatic rings. The van der Waals surface area contributed by atoms with Gasteiger partial charge >= 0.3 is 0 Å². The van der Waals surface area contributed by atoms with Gasteiger partial charge in [-0.1, -0.05) is 13.3 Å². The number of alkyl halides is 1. The average Bonchev–Trinajstić information content (AvgIpc) is 1.95. The number of rotatable bonds is 1. The Morgan fingerprint density at radius 2 is 2.40 bits per heavy atom. The third-order valence-electron chi connectivity index (χ3n) is 2.27. The summed E-state index contributed by atoms with van der Waals surface area (Å²) in [4.78, 5) is 10.7. The lowest BCUT2D eigenvalue weighted by molar-refractivity contribution is -0.126. The molecule has 0 amide bonds. The lowest BCUT2D eigenvalue weighted by atomic mass is 9.86. The van der Waals surface area contributed by atoms with Crippen molar-refractivity contribution in [3.63, 3.8) is 0 Å². The number of ketones is 1. The molecular weight excluding hydrogens is 131 g/mol. The first-order chi connectivity index (χ1) is 4.74. The fourth-order valence-corrected chi connectivity index (χ4v) is 1.42. The van der Waals surface area contributed by atoms with Crippen LogP contribution < -0.4 is 0 Å². The van der Waals surface area contributed by atoms with Crippen molar-refractivity contribution in [2.45, 2.75) is 38.8 Å². The summed E-state index contributed by atoms with van der Waals surface area (Å²) in [5.74, 6) is 0.261. The number of hydrogen-bond donors (Lipinski definition) is 0. The van der Waals surface area contributed by atoms with Gasteiger partial charge in [-0.05, 0) is 18.8 Å². The van der Waals surface area contributed by atoms with E-state index in [4.69, 9.17) is 0 Å². The van der Waals surface area contributed by atoms with Crippen molar-refractivity contribution in [1.29, 1.82) is 0 Å². The first kappa shape index (κ1) is 7.70. The van der Waals surface area contributed by atoms with Crippen LogP contribution in [0.1, 0.15) is 32.6 Å². The number of halogens is 1. The molecule has 2 heteroatoms. The molecule has 0 heterocycles. The van der Waals surface area contributed by atoms with Crippen LogP contribution in [-0.4, -0.2) is 12.0 Å². The molecule has 0 aromatic heterocycles. The van der Waals surface area contributed by atoms with E-state index in [1.807, 2.05) is 6.92 Å². The summed E-state index contributed by atoms with van der Waals surface area (Å²) in [6, 6.07) is 0. The van der Waals surface area contributed by atoms with Gasteiger partial charge in [-0.25, -0.2) is 4.39 Å². The fourth-order valence-electron chi connectivity index (χ4n) is 1.42. The second-order valence-electron chi connectivity index (χ2n) is 2.98. The summed E-state index contributed by atoms with van der Waals surface area (Å²) in [6.07, 6.45) is 1.68. The topological polar surface area (TPSA) is 17.1 Å². The lowest BCUT2D eigenvalue weighted by Gasteiger charge is -2.21. The summed E-state index contributed by atoms with van der Waals surface area (Å²) >= 11 is 0. The Bertz CT molecular complexity index is 133. The SMILES string of the molecule is CC[C@@H]1CCC(=O)[C@@H](F)C1. The van der Waals surface area contributed by atoms with Gasteiger partial charge in [-0.2, -0.15) is 0 Å². The van der Waals surface area contributed by atoms with Gasteiger partial charge in [0.25, 0.3) is 0 Å². The van der Waals surface area contributed by atoms with E-state index in [0.29, 0.717) is 18.8 Å². The molecule has 1 rings (SSSR count). The van der Waals surface area contributed by atoms with Gasteiger partial charge in [0.15, 0.2) is 12.0 Å². The Morgan fingerprint density at radius 1 is 1.70 bits per heavy atom. The smallest absolute Gasteiger partial charge is 0.166 e. The van der Waals surface area contributed by atoms with Crippen molar-refractivity contribution >= 4 is 5.78 Å². The van der Waals surface area contributed by atoms with Crippen LogP contribution in [0, 0.1) is 5.92 Å². The summed E-state index contributed by atoms with van der Waals surface area (Å²) < 4.78 is 12.7. The van der Waals surface area contributed by atoms with Gasteiger partial charge in [0.1, 0.15) is 0 Å². The van der Waals surface area contributed by atoms with Crippen LogP contribution in [0.2, 0.25) is 0 Å². The predicted octanol–water partition coefficient (Wildman–Crippen LogP) is 2.10. The fraction of sp³-hybridized carbons (Fsp3) is 0.875. The van der Waals surface area contributed by atoms with E-state index in [9.17, 15) is 9.18 Å². The Balaban J connectivity index is 2.40. The van der Waals surface area contributed by atoms with Gasteiger partial charge in [0.2, 0.25) is 0 Å². The maximum atomic E-state index is 12.7. The van der Waals surface area contributed by atoms with Gasteiger partial charge in [0.05, 0.1) is 0 Å². The molecule has 1 aliphatic carbocycles. The minimum absolute atomic E-state index is 0.190. The van der Waals surface area contributed by atoms with E-state index >= 15 is 0 Å². The van der Waals surface area contributed by atoms with E-state index < -0.39 is 6.17 Å². The molecule has 0 N–H and O–H groups in total. The monoisotopic (exact) mass is 144 g/mol. The van der Waals surface area contributed by atoms with Crippen LogP contribution in [0.3, 0.4) is 0 Å². The van der Waals surface area contributed by atoms with Crippen molar-refractivity contribution in [2.75, 3.05) is 0 Å². The first-order valence-electron chi connectivity index (χ1n) is 3.90. The quantitative estimate of drug-likeness (QED) is 0.550. The van der Waals surface area contributed by atoms with Crippen LogP contribution in [-0.2, 0) is 4.79 Å². The van der Waals surface area contributed by atoms with Gasteiger partial charge in [-0.3, -0.25) is 4.79 Å². The molecule has 0 aliphatic heterocycles. The first-order valence-corrected chi connectivity index (χ1v) is 3.90. The van der Waals surface area contributed by atoms with Crippen LogP contribution in [0.4, 0.5) is 4.39 Å². The van der Waals surface area contributed by atoms with Crippen molar-refractivity contribution in [3.8, 4) is 0 Å². The molecule has 0 bridgehead atoms. The highest BCUT2D eigenvalue weighted by Crippen LogP contribution is 2.25. The highest BCUT2D eigenvalue weighted by atomic mass is 19.1. The molecule has 58 valence electrons. The highest BCUT2D eigenvalue weighted by molar-refractivity contribution is 5.83. The maximum absolute atomic E-state index is 12.7. The van der Waals surface area contributed by atoms with E-state index in [1.54, 1.807) is 0 Å². The molecule has 2 atom stereocenters. The van der Waals surface area contributed by atoms with Crippen LogP contribution >= 0.6 is 0 Å². The zero-order valence-electron chi connectivity index (χ0n) is 6.27. The molecule has 0 unspecified atom stereocenters. The molecule has 0 aromatic rings. The molecular formula is C8H13FO. The molecule has 10 heavy (non-hydrogen) atoms. The Kier molecular flexibility index (Phi) is 2.41. The van der Waals surface area contributed by atoms with Crippen LogP contribution in [0.25, 0.3) is 0 Å². The molecule has 1 fully saturated rings. The third-order valence-corrected chi connectivity index (χ3v) is 2.27. The summed E-state index contributed by atoms with van der Waals surface area (Å²) in [5.41, 5.74) is 0. The minimum atomic E-state index is -1.15. The number of carbonyl (C=O) groups is 1. The summed E-state index contributed by atoms with van der Waals surface area (Å²) in [7, 11) is 0. The molecule has 1 saturated carbocycles. The summed E-state index contributed by atoms with van der Waals surface area (Å²) in [6.45, 7) is 2.05. The van der Waals surface area contributed by atoms with Crippen molar-refractivity contribution in [3.05, 3.63) is 0 Å². The molecule has 0 spiro atoms. The molecule has 1 nitrogen and oxygen atoms in total. The zero-order valence-corrected chi connectivity index (χ0v) is 6.27. The Labute approximate surface area is 60.6 Å². The third kappa shape index (κ3) is 1.55. The van der Waals surface area contributed by atoms with Crippen LogP contribution in [0.15, 0.2) is 0 Å². The predicted molar refractivity (Wildman–Crippen MR) is 37.5 cm³/mol. The average molecular weight is 144 g/mol. The molecule has 0 saturated heterocycles. The lowest BCUT2D eigenvalue weighted by Crippen LogP contribution is -2.25.